The zero-order valence-electron chi connectivity index (χ0n) is 19.4. The molecule has 0 spiro atoms. The molecular weight excluding hydrogens is 392 g/mol. The van der Waals surface area contributed by atoms with Crippen molar-refractivity contribution in [2.24, 2.45) is 5.41 Å². The lowest BCUT2D eigenvalue weighted by Gasteiger charge is -2.46. The summed E-state index contributed by atoms with van der Waals surface area (Å²) in [4.78, 5) is 28.6. The Labute approximate surface area is 184 Å². The molecule has 1 saturated carbocycles. The number of thiophene rings is 1. The lowest BCUT2D eigenvalue weighted by Crippen LogP contribution is -2.59. The first-order valence-corrected chi connectivity index (χ1v) is 12.1. The first-order valence-electron chi connectivity index (χ1n) is 11.3. The van der Waals surface area contributed by atoms with E-state index in [0.29, 0.717) is 11.3 Å². The van der Waals surface area contributed by atoms with E-state index in [1.165, 1.54) is 35.9 Å². The maximum absolute atomic E-state index is 11.9. The van der Waals surface area contributed by atoms with Crippen LogP contribution in [0.4, 0.5) is 0 Å². The maximum Gasteiger partial charge on any atom is 0.219 e. The highest BCUT2D eigenvalue weighted by atomic mass is 32.1. The van der Waals surface area contributed by atoms with Crippen LogP contribution in [0.5, 0.6) is 0 Å². The van der Waals surface area contributed by atoms with Gasteiger partial charge >= 0.3 is 0 Å². The molecule has 2 aliphatic rings. The molecule has 1 aliphatic carbocycles. The van der Waals surface area contributed by atoms with E-state index in [9.17, 15) is 4.79 Å². The molecule has 1 amide bonds. The minimum atomic E-state index is -0.0666. The number of nitrogens with zero attached hydrogens (tertiary/aromatic N) is 4. The second-order valence-electron chi connectivity index (χ2n) is 10.7. The highest BCUT2D eigenvalue weighted by molar-refractivity contribution is 7.18. The molecule has 6 heteroatoms. The van der Waals surface area contributed by atoms with Gasteiger partial charge in [0.15, 0.2) is 0 Å². The number of hydrogen-bond acceptors (Lipinski definition) is 5. The Hall–Kier alpha value is -1.53. The van der Waals surface area contributed by atoms with E-state index in [2.05, 4.69) is 38.7 Å². The molecule has 0 radical (unpaired) electrons. The highest BCUT2D eigenvalue weighted by Gasteiger charge is 2.35. The van der Waals surface area contributed by atoms with Gasteiger partial charge in [-0.05, 0) is 63.9 Å². The number of fused-ring (bicyclic) bond motifs is 1. The van der Waals surface area contributed by atoms with Crippen molar-refractivity contribution < 1.29 is 4.79 Å². The molecule has 0 bridgehead atoms. The summed E-state index contributed by atoms with van der Waals surface area (Å²) in [6.45, 7) is 16.2. The molecule has 0 atom stereocenters. The molecule has 164 valence electrons. The van der Waals surface area contributed by atoms with Gasteiger partial charge in [0.1, 0.15) is 10.7 Å². The molecule has 0 N–H and O–H groups in total. The van der Waals surface area contributed by atoms with Gasteiger partial charge in [-0.2, -0.15) is 0 Å². The minimum absolute atomic E-state index is 0.0666. The zero-order chi connectivity index (χ0) is 21.7. The molecule has 0 aromatic carbocycles. The molecule has 30 heavy (non-hydrogen) atoms. The Morgan fingerprint density at radius 3 is 2.50 bits per heavy atom. The predicted octanol–water partition coefficient (Wildman–Crippen LogP) is 5.13. The van der Waals surface area contributed by atoms with Crippen LogP contribution in [0, 0.1) is 12.3 Å². The van der Waals surface area contributed by atoms with E-state index in [-0.39, 0.29) is 11.4 Å². The summed E-state index contributed by atoms with van der Waals surface area (Å²) in [5, 5.41) is 1.23. The summed E-state index contributed by atoms with van der Waals surface area (Å²) in [7, 11) is 0. The van der Waals surface area contributed by atoms with E-state index in [4.69, 9.17) is 9.97 Å². The van der Waals surface area contributed by atoms with Gasteiger partial charge in [0.05, 0.1) is 5.69 Å². The number of carbonyl (C=O) groups is 1. The molecule has 1 saturated heterocycles. The summed E-state index contributed by atoms with van der Waals surface area (Å²) in [6, 6.07) is 2.39. The van der Waals surface area contributed by atoms with Crippen LogP contribution in [-0.2, 0) is 11.3 Å². The molecule has 2 aromatic rings. The fourth-order valence-corrected chi connectivity index (χ4v) is 6.32. The van der Waals surface area contributed by atoms with Gasteiger partial charge in [0, 0.05) is 48.9 Å². The second kappa shape index (κ2) is 7.86. The van der Waals surface area contributed by atoms with Crippen LogP contribution in [0.3, 0.4) is 0 Å². The number of amides is 1. The quantitative estimate of drug-likeness (QED) is 0.680. The molecule has 5 nitrogen and oxygen atoms in total. The van der Waals surface area contributed by atoms with Crippen molar-refractivity contribution in [1.29, 1.82) is 0 Å². The molecule has 2 aromatic heterocycles. The Morgan fingerprint density at radius 2 is 1.87 bits per heavy atom. The lowest BCUT2D eigenvalue weighted by molar-refractivity contribution is -0.134. The van der Waals surface area contributed by atoms with Gasteiger partial charge in [0.25, 0.3) is 0 Å². The van der Waals surface area contributed by atoms with Gasteiger partial charge in [-0.3, -0.25) is 9.69 Å². The monoisotopic (exact) mass is 428 g/mol. The summed E-state index contributed by atoms with van der Waals surface area (Å²) in [6.07, 6.45) is 5.17. The van der Waals surface area contributed by atoms with Gasteiger partial charge in [-0.25, -0.2) is 9.97 Å². The Balaban J connectivity index is 1.59. The first kappa shape index (κ1) is 21.7. The zero-order valence-corrected chi connectivity index (χ0v) is 20.2. The largest absolute Gasteiger partial charge is 0.340 e. The van der Waals surface area contributed by atoms with Crippen molar-refractivity contribution in [1.82, 2.24) is 19.8 Å². The number of rotatable bonds is 3. The molecule has 4 rings (SSSR count). The van der Waals surface area contributed by atoms with E-state index in [1.54, 1.807) is 6.92 Å². The number of aromatic nitrogens is 2. The number of aryl methyl sites for hydroxylation is 1. The first-order chi connectivity index (χ1) is 14.0. The second-order valence-corrected chi connectivity index (χ2v) is 11.8. The maximum atomic E-state index is 11.9. The van der Waals surface area contributed by atoms with Crippen molar-refractivity contribution in [2.45, 2.75) is 85.2 Å². The summed E-state index contributed by atoms with van der Waals surface area (Å²) in [5.41, 5.74) is 1.56. The van der Waals surface area contributed by atoms with Crippen LogP contribution in [0.15, 0.2) is 6.07 Å². The van der Waals surface area contributed by atoms with Gasteiger partial charge in [-0.15, -0.1) is 11.3 Å². The van der Waals surface area contributed by atoms with Crippen molar-refractivity contribution in [3.05, 3.63) is 22.5 Å². The van der Waals surface area contributed by atoms with Gasteiger partial charge in [-0.1, -0.05) is 13.8 Å². The number of hydrogen-bond donors (Lipinski definition) is 0. The summed E-state index contributed by atoms with van der Waals surface area (Å²) >= 11 is 1.88. The van der Waals surface area contributed by atoms with Crippen LogP contribution >= 0.6 is 11.3 Å². The van der Waals surface area contributed by atoms with Crippen molar-refractivity contribution in [2.75, 3.05) is 19.6 Å². The molecule has 1 aliphatic heterocycles. The fraction of sp³-hybridized carbons (Fsp3) is 0.708. The van der Waals surface area contributed by atoms with Crippen LogP contribution in [-0.4, -0.2) is 50.8 Å². The van der Waals surface area contributed by atoms with Crippen molar-refractivity contribution in [3.63, 3.8) is 0 Å². The molecule has 3 heterocycles. The summed E-state index contributed by atoms with van der Waals surface area (Å²) in [5.74, 6) is 1.69. The Bertz CT molecular complexity index is 938. The average Bonchev–Trinajstić information content (AvgIpc) is 3.06. The standard InChI is InChI=1S/C24H36N4OS/c1-16-25-20(14-28-12-11-27(17(2)29)15-24(28,5)6)19-13-21(30-22(19)26-16)18-7-9-23(3,4)10-8-18/h13,18H,7-12,14-15H2,1-6H3. The topological polar surface area (TPSA) is 49.3 Å². The van der Waals surface area contributed by atoms with Crippen LogP contribution in [0.1, 0.15) is 82.6 Å². The fourth-order valence-electron chi connectivity index (χ4n) is 5.06. The van der Waals surface area contributed by atoms with E-state index in [0.717, 1.165) is 42.5 Å². The van der Waals surface area contributed by atoms with E-state index in [1.807, 2.05) is 23.2 Å². The number of piperazine rings is 1. The van der Waals surface area contributed by atoms with Crippen molar-refractivity contribution in [3.8, 4) is 0 Å². The summed E-state index contributed by atoms with van der Waals surface area (Å²) < 4.78 is 0. The average molecular weight is 429 g/mol. The number of carbonyl (C=O) groups excluding carboxylic acids is 1. The van der Waals surface area contributed by atoms with Crippen LogP contribution < -0.4 is 0 Å². The smallest absolute Gasteiger partial charge is 0.219 e. The Morgan fingerprint density at radius 1 is 1.17 bits per heavy atom. The van der Waals surface area contributed by atoms with E-state index < -0.39 is 0 Å². The van der Waals surface area contributed by atoms with Gasteiger partial charge in [0.2, 0.25) is 5.91 Å². The molecular formula is C24H36N4OS. The van der Waals surface area contributed by atoms with E-state index >= 15 is 0 Å². The molecule has 2 fully saturated rings. The highest BCUT2D eigenvalue weighted by Crippen LogP contribution is 2.45. The predicted molar refractivity (Wildman–Crippen MR) is 124 cm³/mol. The van der Waals surface area contributed by atoms with Gasteiger partial charge < -0.3 is 4.90 Å². The lowest BCUT2D eigenvalue weighted by atomic mass is 9.73. The third-order valence-electron chi connectivity index (χ3n) is 7.20. The Kier molecular flexibility index (Phi) is 5.69. The third kappa shape index (κ3) is 4.40. The van der Waals surface area contributed by atoms with Crippen LogP contribution in [0.2, 0.25) is 0 Å². The third-order valence-corrected chi connectivity index (χ3v) is 8.40. The van der Waals surface area contributed by atoms with Crippen LogP contribution in [0.25, 0.3) is 10.2 Å². The van der Waals surface area contributed by atoms with Crippen molar-refractivity contribution >= 4 is 27.5 Å². The normalized spacial score (nSPS) is 22.5. The SMILES string of the molecule is CC(=O)N1CCN(Cc2nc(C)nc3sc(C4CCC(C)(C)CC4)cc23)C(C)(C)C1. The minimum Gasteiger partial charge on any atom is -0.340 e. The molecule has 0 unspecified atom stereocenters.